The molecule has 0 bridgehead atoms. The summed E-state index contributed by atoms with van der Waals surface area (Å²) >= 11 is 20.9. The fourth-order valence-electron chi connectivity index (χ4n) is 11.6. The molecule has 2 saturated heterocycles. The molecule has 141 heavy (non-hydrogen) atoms. The number of carbonyl (C=O) groups is 7. The molecule has 772 valence electrons. The summed E-state index contributed by atoms with van der Waals surface area (Å²) in [4.78, 5) is 111. The highest BCUT2D eigenvalue weighted by Gasteiger charge is 2.48. The lowest BCUT2D eigenvalue weighted by Gasteiger charge is -2.17. The average Bonchev–Trinajstić information content (AvgIpc) is 1.65. The van der Waals surface area contributed by atoms with E-state index in [4.69, 9.17) is 61.6 Å². The van der Waals surface area contributed by atoms with E-state index in [1.807, 2.05) is 141 Å². The van der Waals surface area contributed by atoms with E-state index < -0.39 is 121 Å². The number of hydrogen-bond acceptors (Lipinski definition) is 45. The third-order valence-electron chi connectivity index (χ3n) is 18.4. The number of hydrogen-bond donors (Lipinski definition) is 20. The molecule has 11 rings (SSSR count). The second-order valence-electron chi connectivity index (χ2n) is 29.4. The Bertz CT molecular complexity index is 4750. The van der Waals surface area contributed by atoms with Gasteiger partial charge in [-0.25, -0.2) is 33.6 Å². The number of esters is 2. The van der Waals surface area contributed by atoms with Gasteiger partial charge in [0.05, 0.1) is 48.8 Å². The molecule has 0 aliphatic carbocycles. The maximum absolute atomic E-state index is 12.2. The molecule has 0 radical (unpaired) electrons. The summed E-state index contributed by atoms with van der Waals surface area (Å²) in [5.74, 6) is -2.44. The number of aliphatic hydroxyl groups is 8. The van der Waals surface area contributed by atoms with Gasteiger partial charge in [-0.15, -0.1) is 0 Å². The van der Waals surface area contributed by atoms with Crippen LogP contribution in [0.3, 0.4) is 0 Å². The molecule has 12 atom stereocenters. The lowest BCUT2D eigenvalue weighted by Crippen LogP contribution is -2.31. The molecule has 45 heteroatoms. The van der Waals surface area contributed by atoms with Crippen LogP contribution in [0.25, 0.3) is 6.08 Å². The van der Waals surface area contributed by atoms with Crippen LogP contribution in [0, 0.1) is 0 Å². The van der Waals surface area contributed by atoms with E-state index in [1.54, 1.807) is 122 Å². The van der Waals surface area contributed by atoms with E-state index in [0.717, 1.165) is 45.1 Å². The number of carbonyl (C=O) groups excluding carboxylic acids is 7. The number of benzene rings is 9. The minimum Gasteiger partial charge on any atom is -0.497 e. The number of methoxy groups -OCH3 is 5. The Morgan fingerprint density at radius 3 is 0.851 bits per heavy atom. The third-order valence-corrected chi connectivity index (χ3v) is 18.9. The van der Waals surface area contributed by atoms with Crippen molar-refractivity contribution in [3.8, 4) is 40.2 Å². The van der Waals surface area contributed by atoms with Crippen LogP contribution in [-0.4, -0.2) is 187 Å². The Labute approximate surface area is 851 Å². The second kappa shape index (κ2) is 69.0. The minimum atomic E-state index is -1.69. The van der Waals surface area contributed by atoms with Crippen molar-refractivity contribution in [1.29, 1.82) is 0 Å². The smallest absolute Gasteiger partial charge is 0.357 e. The second-order valence-corrected chi connectivity index (χ2v) is 30.8. The number of nitrogens with one attached hydrogen (secondary N) is 6. The largest absolute Gasteiger partial charge is 0.497 e. The van der Waals surface area contributed by atoms with Gasteiger partial charge in [-0.2, -0.15) is 0 Å². The molecule has 0 saturated carbocycles. The molecule has 14 N–H and O–H groups in total. The summed E-state index contributed by atoms with van der Waals surface area (Å²) in [6.45, 7) is 16.6. The van der Waals surface area contributed by atoms with Crippen LogP contribution in [0.5, 0.6) is 40.2 Å². The van der Waals surface area contributed by atoms with Gasteiger partial charge < -0.3 is 127 Å². The fourth-order valence-corrected chi connectivity index (χ4v) is 12.1. The van der Waals surface area contributed by atoms with Crippen LogP contribution in [0.15, 0.2) is 237 Å². The van der Waals surface area contributed by atoms with E-state index in [1.165, 1.54) is 89.5 Å². The molecule has 0 spiro atoms. The van der Waals surface area contributed by atoms with E-state index in [2.05, 4.69) is 125 Å². The Hall–Kier alpha value is -11.0. The zero-order valence-electron chi connectivity index (χ0n) is 79.5. The lowest BCUT2D eigenvalue weighted by atomic mass is 10.0. The number of aliphatic hydroxyl groups excluding tert-OH is 8. The van der Waals surface area contributed by atoms with Gasteiger partial charge in [0.1, 0.15) is 90.1 Å². The van der Waals surface area contributed by atoms with E-state index >= 15 is 0 Å². The monoisotopic (exact) mass is 2080 g/mol. The summed E-state index contributed by atoms with van der Waals surface area (Å²) in [7, 11) is 9.37. The van der Waals surface area contributed by atoms with E-state index in [9.17, 15) is 74.4 Å². The van der Waals surface area contributed by atoms with Crippen molar-refractivity contribution in [3.05, 3.63) is 287 Å². The summed E-state index contributed by atoms with van der Waals surface area (Å²) in [5, 5.41) is 76.7. The van der Waals surface area contributed by atoms with Crippen molar-refractivity contribution in [2.24, 2.45) is 0 Å². The molecule has 0 aromatic heterocycles. The maximum atomic E-state index is 12.2. The molecule has 2 unspecified atom stereocenters. The van der Waals surface area contributed by atoms with Gasteiger partial charge in [-0.1, -0.05) is 267 Å². The number of thiol groups is 6. The predicted octanol–water partition coefficient (Wildman–Crippen LogP) is 11.0. The molecule has 2 heterocycles. The van der Waals surface area contributed by atoms with Gasteiger partial charge in [-0.05, 0) is 190 Å². The van der Waals surface area contributed by atoms with Gasteiger partial charge in [0, 0.05) is 6.08 Å². The van der Waals surface area contributed by atoms with Crippen LogP contribution in [0.2, 0.25) is 0 Å². The fraction of sp³-hybridized carbons (Fsp3) is 0.344. The SMILES string of the molecule is CCC.CCOC(=O)/C=C/c1ccc(OCc2ccccc2)cc1.CCOC(=O)[C@H]1OC(C)(C)OC1c1ccc(OCc2ccccc2)cc1.CNS.COc1ccc(C2OC(C)(C)O[C@@H]2C(=O)ONS)cc1.COc1ccc([C@@H](O)[C@@H](O)C(=O)ONS)cc1.COc1ccc([C@@H](O)[C@H](O)C(=O)ONS)cc1.COc1ccc([C@H](O)[C@@H](O)C(=O)ONS)cc1.COc1ccc([C@H](O)[C@H](O)C(=O)ONS)cc1. The highest BCUT2D eigenvalue weighted by atomic mass is 32.1. The molecular weight excluding hydrogens is 1960 g/mol. The van der Waals surface area contributed by atoms with E-state index in [0.29, 0.717) is 71.7 Å². The van der Waals surface area contributed by atoms with Crippen LogP contribution in [0.1, 0.15) is 149 Å². The summed E-state index contributed by atoms with van der Waals surface area (Å²) in [6.07, 6.45) is -10.6. The lowest BCUT2D eigenvalue weighted by molar-refractivity contribution is -0.172. The summed E-state index contributed by atoms with van der Waals surface area (Å²) in [5.41, 5.74) is 6.29. The molecule has 2 aliphatic heterocycles. The first-order valence-electron chi connectivity index (χ1n) is 42.7. The first-order valence-corrected chi connectivity index (χ1v) is 45.3. The predicted molar refractivity (Wildman–Crippen MR) is 536 cm³/mol. The zero-order valence-corrected chi connectivity index (χ0v) is 84.9. The first kappa shape index (κ1) is 124. The average molecular weight is 2080 g/mol. The summed E-state index contributed by atoms with van der Waals surface area (Å²) in [6, 6.07) is 67.4. The van der Waals surface area contributed by atoms with Crippen molar-refractivity contribution in [2.45, 2.75) is 160 Å². The minimum absolute atomic E-state index is 0.304. The van der Waals surface area contributed by atoms with Crippen molar-refractivity contribution in [2.75, 3.05) is 55.8 Å². The highest BCUT2D eigenvalue weighted by molar-refractivity contribution is 7.78. The van der Waals surface area contributed by atoms with Crippen LogP contribution in [-0.2, 0) is 99.4 Å². The standard InChI is InChI=1S/C21H24O5.C18H18O3.C13H17NO5S.4C10H13NO5S.C3H8.CH5NS/c1-4-23-20(22)19-18(25-21(2,3)26-19)16-10-12-17(13-11-16)24-14-15-8-6-5-7-9-15;1-2-20-18(19)13-10-15-8-11-17(12-9-15)21-14-16-6-4-3-5-7-16;1-13(2)17-10(11(18-13)12(15)19-14-20)8-4-6-9(16-3)7-5-8;4*1-15-7-4-2-6(3-5-7)8(12)9(13)10(14)16-11-17;1-3-2;1-2-3/h5-13,18-19H,4,14H2,1-3H3;3-13H,2,14H2,1H3;4-7,10-11,14,20H,1-3H3;4*2-5,8-9,11-13,17H,1H3;3H2,1-2H3;2-3H,1H3/b;13-10+;;;;;;;/t18?,19-;;10?,11-;2*8-,9+;2*8-,9-;;/m0.01010../s1. The molecule has 9 aromatic rings. The maximum Gasteiger partial charge on any atom is 0.357 e. The highest BCUT2D eigenvalue weighted by Crippen LogP contribution is 2.41. The Morgan fingerprint density at radius 2 is 0.596 bits per heavy atom. The zero-order chi connectivity index (χ0) is 105. The molecule has 39 nitrogen and oxygen atoms in total. The van der Waals surface area contributed by atoms with Gasteiger partial charge in [-0.3, -0.25) is 4.72 Å². The van der Waals surface area contributed by atoms with Gasteiger partial charge in [0.2, 0.25) is 0 Å². The number of rotatable bonds is 36. The topological polar surface area (TPSA) is 520 Å². The van der Waals surface area contributed by atoms with Crippen molar-refractivity contribution in [3.63, 3.8) is 0 Å². The van der Waals surface area contributed by atoms with Crippen LogP contribution in [0.4, 0.5) is 0 Å². The van der Waals surface area contributed by atoms with Crippen molar-refractivity contribution in [1.82, 2.24) is 29.1 Å². The molecular formula is C96H124N6O33S6. The van der Waals surface area contributed by atoms with Crippen LogP contribution < -0.4 is 62.3 Å². The van der Waals surface area contributed by atoms with Gasteiger partial charge in [0.15, 0.2) is 48.2 Å². The van der Waals surface area contributed by atoms with Gasteiger partial charge in [0.25, 0.3) is 0 Å². The summed E-state index contributed by atoms with van der Waals surface area (Å²) < 4.78 is 71.8. The van der Waals surface area contributed by atoms with Crippen molar-refractivity contribution >= 4 is 125 Å². The Morgan fingerprint density at radius 1 is 0.348 bits per heavy atom. The Kier molecular flexibility index (Phi) is 60.8. The van der Waals surface area contributed by atoms with E-state index in [-0.39, 0.29) is 5.97 Å². The van der Waals surface area contributed by atoms with Crippen molar-refractivity contribution < 1.29 is 160 Å². The quantitative estimate of drug-likeness (QED) is 0.00570. The Balaban J connectivity index is 0.000000421. The van der Waals surface area contributed by atoms with Crippen LogP contribution >= 0.6 is 76.9 Å². The van der Waals surface area contributed by atoms with Gasteiger partial charge >= 0.3 is 41.8 Å². The molecule has 0 amide bonds. The first-order chi connectivity index (χ1) is 67.4. The molecule has 2 fully saturated rings. The molecule has 9 aromatic carbocycles. The number of ether oxygens (including phenoxy) is 13. The molecule has 2 aliphatic rings. The third kappa shape index (κ3) is 45.9. The normalized spacial score (nSPS) is 15.9.